The van der Waals surface area contributed by atoms with Crippen LogP contribution in [0, 0.1) is 0 Å². The Morgan fingerprint density at radius 2 is 1.81 bits per heavy atom. The van der Waals surface area contributed by atoms with Crippen molar-refractivity contribution in [3.8, 4) is 5.69 Å². The zero-order chi connectivity index (χ0) is 18.2. The topological polar surface area (TPSA) is 55.6 Å². The number of hydrogen-bond acceptors (Lipinski definition) is 5. The summed E-state index contributed by atoms with van der Waals surface area (Å²) in [6, 6.07) is 18.9. The Kier molecular flexibility index (Phi) is 6.80. The van der Waals surface area contributed by atoms with Gasteiger partial charge in [0.25, 0.3) is 0 Å². The number of tetrazole rings is 1. The fraction of sp³-hybridized carbons (Fsp3) is 0.350. The van der Waals surface area contributed by atoms with Crippen LogP contribution in [-0.2, 0) is 6.54 Å². The lowest BCUT2D eigenvalue weighted by atomic mass is 10.0. The van der Waals surface area contributed by atoms with Gasteiger partial charge in [0, 0.05) is 12.3 Å². The number of aromatic nitrogens is 4. The fourth-order valence-corrected chi connectivity index (χ4v) is 3.44. The van der Waals surface area contributed by atoms with Crippen molar-refractivity contribution in [1.29, 1.82) is 0 Å². The molecule has 0 amide bonds. The van der Waals surface area contributed by atoms with Crippen LogP contribution in [0.2, 0.25) is 0 Å². The van der Waals surface area contributed by atoms with Gasteiger partial charge in [0.2, 0.25) is 5.16 Å². The summed E-state index contributed by atoms with van der Waals surface area (Å²) in [6.45, 7) is 6.33. The monoisotopic (exact) mass is 367 g/mol. The molecule has 0 spiro atoms. The van der Waals surface area contributed by atoms with Gasteiger partial charge in [0.1, 0.15) is 0 Å². The van der Waals surface area contributed by atoms with Gasteiger partial charge in [-0.25, -0.2) is 0 Å². The summed E-state index contributed by atoms with van der Waals surface area (Å²) in [5.74, 6) is 1.56. The molecule has 0 unspecified atom stereocenters. The summed E-state index contributed by atoms with van der Waals surface area (Å²) in [7, 11) is 0. The molecular formula is C20H25N5S. The summed E-state index contributed by atoms with van der Waals surface area (Å²) in [4.78, 5) is 0. The molecule has 6 heteroatoms. The maximum atomic E-state index is 4.12. The molecule has 0 radical (unpaired) electrons. The Labute approximate surface area is 159 Å². The third kappa shape index (κ3) is 5.16. The molecule has 2 aromatic carbocycles. The summed E-state index contributed by atoms with van der Waals surface area (Å²) < 4.78 is 1.79. The lowest BCUT2D eigenvalue weighted by Gasteiger charge is -2.08. The van der Waals surface area contributed by atoms with E-state index in [-0.39, 0.29) is 0 Å². The SMILES string of the molecule is CC(C)c1ccc(CNCCCSc2nnnn2-c2ccccc2)cc1. The van der Waals surface area contributed by atoms with E-state index in [1.54, 1.807) is 16.4 Å². The molecule has 136 valence electrons. The first-order chi connectivity index (χ1) is 12.7. The lowest BCUT2D eigenvalue weighted by molar-refractivity contribution is 0.677. The van der Waals surface area contributed by atoms with E-state index in [0.29, 0.717) is 5.92 Å². The third-order valence-corrected chi connectivity index (χ3v) is 5.15. The molecule has 1 N–H and O–H groups in total. The number of thioether (sulfide) groups is 1. The lowest BCUT2D eigenvalue weighted by Crippen LogP contribution is -2.15. The zero-order valence-corrected chi connectivity index (χ0v) is 16.1. The van der Waals surface area contributed by atoms with E-state index in [0.717, 1.165) is 36.1 Å². The van der Waals surface area contributed by atoms with Crippen LogP contribution in [-0.4, -0.2) is 32.5 Å². The maximum Gasteiger partial charge on any atom is 0.214 e. The van der Waals surface area contributed by atoms with E-state index >= 15 is 0 Å². The second-order valence-electron chi connectivity index (χ2n) is 6.48. The van der Waals surface area contributed by atoms with E-state index in [2.05, 4.69) is 59.0 Å². The first kappa shape index (κ1) is 18.6. The number of nitrogens with zero attached hydrogens (tertiary/aromatic N) is 4. The van der Waals surface area contributed by atoms with Gasteiger partial charge >= 0.3 is 0 Å². The quantitative estimate of drug-likeness (QED) is 0.457. The van der Waals surface area contributed by atoms with Gasteiger partial charge in [-0.05, 0) is 52.6 Å². The van der Waals surface area contributed by atoms with Gasteiger partial charge in [0.05, 0.1) is 5.69 Å². The molecule has 1 heterocycles. The highest BCUT2D eigenvalue weighted by Gasteiger charge is 2.08. The van der Waals surface area contributed by atoms with E-state index < -0.39 is 0 Å². The van der Waals surface area contributed by atoms with Crippen LogP contribution in [0.3, 0.4) is 0 Å². The minimum atomic E-state index is 0.585. The molecule has 0 bridgehead atoms. The van der Waals surface area contributed by atoms with Crippen molar-refractivity contribution in [2.24, 2.45) is 0 Å². The van der Waals surface area contributed by atoms with Crippen molar-refractivity contribution >= 4 is 11.8 Å². The molecule has 3 aromatic rings. The number of hydrogen-bond donors (Lipinski definition) is 1. The largest absolute Gasteiger partial charge is 0.313 e. The Balaban J connectivity index is 1.38. The summed E-state index contributed by atoms with van der Waals surface area (Å²) in [6.07, 6.45) is 1.07. The Morgan fingerprint density at radius 3 is 2.54 bits per heavy atom. The van der Waals surface area contributed by atoms with Crippen LogP contribution in [0.25, 0.3) is 5.69 Å². The van der Waals surface area contributed by atoms with Gasteiger partial charge in [-0.3, -0.25) is 0 Å². The number of nitrogens with one attached hydrogen (secondary N) is 1. The molecular weight excluding hydrogens is 342 g/mol. The van der Waals surface area contributed by atoms with E-state index in [4.69, 9.17) is 0 Å². The smallest absolute Gasteiger partial charge is 0.214 e. The average Bonchev–Trinajstić information content (AvgIpc) is 3.14. The minimum Gasteiger partial charge on any atom is -0.313 e. The first-order valence-electron chi connectivity index (χ1n) is 9.00. The molecule has 0 fully saturated rings. The van der Waals surface area contributed by atoms with E-state index in [1.165, 1.54) is 11.1 Å². The molecule has 3 rings (SSSR count). The summed E-state index contributed by atoms with van der Waals surface area (Å²) in [5.41, 5.74) is 3.71. The maximum absolute atomic E-state index is 4.12. The van der Waals surface area contributed by atoms with Gasteiger partial charge in [-0.1, -0.05) is 68.1 Å². The van der Waals surface area contributed by atoms with Gasteiger partial charge in [-0.15, -0.1) is 5.10 Å². The van der Waals surface area contributed by atoms with Crippen molar-refractivity contribution in [2.45, 2.75) is 37.9 Å². The standard InChI is InChI=1S/C20H25N5S/c1-16(2)18-11-9-17(10-12-18)15-21-13-6-14-26-20-22-23-24-25(20)19-7-4-3-5-8-19/h3-5,7-12,16,21H,6,13-15H2,1-2H3. The van der Waals surface area contributed by atoms with Crippen molar-refractivity contribution in [1.82, 2.24) is 25.5 Å². The van der Waals surface area contributed by atoms with E-state index in [1.807, 2.05) is 30.3 Å². The highest BCUT2D eigenvalue weighted by Crippen LogP contribution is 2.18. The Hall–Kier alpha value is -2.18. The first-order valence-corrected chi connectivity index (χ1v) is 9.99. The molecule has 0 aliphatic carbocycles. The second kappa shape index (κ2) is 9.50. The van der Waals surface area contributed by atoms with Crippen molar-refractivity contribution in [2.75, 3.05) is 12.3 Å². The van der Waals surface area contributed by atoms with E-state index in [9.17, 15) is 0 Å². The van der Waals surface area contributed by atoms with Crippen LogP contribution in [0.15, 0.2) is 59.8 Å². The molecule has 0 atom stereocenters. The summed E-state index contributed by atoms with van der Waals surface area (Å²) >= 11 is 1.69. The second-order valence-corrected chi connectivity index (χ2v) is 7.55. The minimum absolute atomic E-state index is 0.585. The van der Waals surface area contributed by atoms with Gasteiger partial charge in [0.15, 0.2) is 0 Å². The van der Waals surface area contributed by atoms with Gasteiger partial charge in [-0.2, -0.15) is 4.68 Å². The number of para-hydroxylation sites is 1. The third-order valence-electron chi connectivity index (χ3n) is 4.15. The molecule has 0 saturated carbocycles. The highest BCUT2D eigenvalue weighted by molar-refractivity contribution is 7.99. The number of rotatable bonds is 9. The fourth-order valence-electron chi connectivity index (χ4n) is 2.61. The molecule has 26 heavy (non-hydrogen) atoms. The molecule has 1 aromatic heterocycles. The van der Waals surface area contributed by atoms with Crippen LogP contribution >= 0.6 is 11.8 Å². The molecule has 0 aliphatic heterocycles. The Bertz CT molecular complexity index is 783. The van der Waals surface area contributed by atoms with Crippen molar-refractivity contribution in [3.05, 3.63) is 65.7 Å². The van der Waals surface area contributed by atoms with Crippen LogP contribution < -0.4 is 5.32 Å². The molecule has 0 saturated heterocycles. The van der Waals surface area contributed by atoms with Crippen LogP contribution in [0.5, 0.6) is 0 Å². The zero-order valence-electron chi connectivity index (χ0n) is 15.3. The molecule has 0 aliphatic rings. The number of benzene rings is 2. The molecule has 5 nitrogen and oxygen atoms in total. The predicted molar refractivity (Wildman–Crippen MR) is 107 cm³/mol. The summed E-state index contributed by atoms with van der Waals surface area (Å²) in [5, 5.41) is 16.3. The predicted octanol–water partition coefficient (Wildman–Crippen LogP) is 4.06. The van der Waals surface area contributed by atoms with Gasteiger partial charge < -0.3 is 5.32 Å². The van der Waals surface area contributed by atoms with Crippen molar-refractivity contribution < 1.29 is 0 Å². The average molecular weight is 368 g/mol. The highest BCUT2D eigenvalue weighted by atomic mass is 32.2. The van der Waals surface area contributed by atoms with Crippen LogP contribution in [0.4, 0.5) is 0 Å². The Morgan fingerprint density at radius 1 is 1.04 bits per heavy atom. The van der Waals surface area contributed by atoms with Crippen LogP contribution in [0.1, 0.15) is 37.3 Å². The normalized spacial score (nSPS) is 11.2. The van der Waals surface area contributed by atoms with Crippen molar-refractivity contribution in [3.63, 3.8) is 0 Å².